The number of amides is 1. The van der Waals surface area contributed by atoms with Crippen LogP contribution in [0.4, 0.5) is 10.5 Å². The molecule has 1 fully saturated rings. The molecular weight excluding hydrogens is 396 g/mol. The fraction of sp³-hybridized carbons (Fsp3) is 0.571. The summed E-state index contributed by atoms with van der Waals surface area (Å²) in [7, 11) is 0. The summed E-state index contributed by atoms with van der Waals surface area (Å²) in [6, 6.07) is 0. The van der Waals surface area contributed by atoms with Crippen LogP contribution in [0.2, 0.25) is 0 Å². The van der Waals surface area contributed by atoms with Gasteiger partial charge in [-0.2, -0.15) is 9.50 Å². The molecule has 1 aliphatic heterocycles. The lowest BCUT2D eigenvalue weighted by molar-refractivity contribution is 0.0240. The van der Waals surface area contributed by atoms with E-state index in [-0.39, 0.29) is 28.2 Å². The molecule has 1 aliphatic rings. The second kappa shape index (κ2) is 6.21. The van der Waals surface area contributed by atoms with E-state index >= 15 is 0 Å². The van der Waals surface area contributed by atoms with Crippen molar-refractivity contribution in [3.8, 4) is 5.88 Å². The van der Waals surface area contributed by atoms with Crippen LogP contribution in [0.1, 0.15) is 20.8 Å². The van der Waals surface area contributed by atoms with Crippen molar-refractivity contribution >= 4 is 33.5 Å². The maximum atomic E-state index is 12.6. The Hall–Kier alpha value is -2.30. The van der Waals surface area contributed by atoms with Crippen molar-refractivity contribution in [3.63, 3.8) is 0 Å². The van der Waals surface area contributed by atoms with Gasteiger partial charge in [-0.25, -0.2) is 4.79 Å². The molecular formula is C14H19BrN6O4. The zero-order valence-corrected chi connectivity index (χ0v) is 15.7. The van der Waals surface area contributed by atoms with E-state index in [2.05, 4.69) is 31.0 Å². The van der Waals surface area contributed by atoms with Crippen LogP contribution in [0.15, 0.2) is 9.53 Å². The predicted octanol–water partition coefficient (Wildman–Crippen LogP) is 0.943. The van der Waals surface area contributed by atoms with Crippen LogP contribution in [0.5, 0.6) is 5.88 Å². The number of carbonyl (C=O) groups excluding carboxylic acids is 1. The number of aromatic hydroxyl groups is 1. The van der Waals surface area contributed by atoms with Crippen molar-refractivity contribution in [2.75, 3.05) is 31.1 Å². The number of aromatic amines is 1. The van der Waals surface area contributed by atoms with Crippen molar-refractivity contribution in [2.45, 2.75) is 26.4 Å². The van der Waals surface area contributed by atoms with E-state index < -0.39 is 11.2 Å². The lowest BCUT2D eigenvalue weighted by Crippen LogP contribution is -2.51. The number of hydrogen-bond donors (Lipinski definition) is 2. The molecule has 0 aromatic carbocycles. The summed E-state index contributed by atoms with van der Waals surface area (Å²) in [4.78, 5) is 34.6. The molecule has 3 rings (SSSR count). The van der Waals surface area contributed by atoms with Gasteiger partial charge in [-0.3, -0.25) is 9.78 Å². The Balaban J connectivity index is 1.78. The molecule has 0 spiro atoms. The number of H-pyrrole nitrogens is 1. The van der Waals surface area contributed by atoms with Crippen molar-refractivity contribution in [3.05, 3.63) is 15.1 Å². The van der Waals surface area contributed by atoms with Gasteiger partial charge in [0.2, 0.25) is 16.4 Å². The van der Waals surface area contributed by atoms with Crippen LogP contribution in [-0.4, -0.2) is 67.5 Å². The maximum absolute atomic E-state index is 12.6. The first-order valence-electron chi connectivity index (χ1n) is 7.76. The average Bonchev–Trinajstić information content (AvgIpc) is 2.87. The van der Waals surface area contributed by atoms with E-state index in [1.807, 2.05) is 20.8 Å². The molecule has 3 heterocycles. The van der Waals surface area contributed by atoms with Crippen molar-refractivity contribution in [1.82, 2.24) is 24.5 Å². The average molecular weight is 415 g/mol. The molecule has 0 radical (unpaired) electrons. The smallest absolute Gasteiger partial charge is 0.410 e. The minimum atomic E-state index is -0.560. The third-order valence-electron chi connectivity index (χ3n) is 3.68. The number of nitrogens with zero attached hydrogens (tertiary/aromatic N) is 5. The quantitative estimate of drug-likeness (QED) is 0.712. The third-order valence-corrected chi connectivity index (χ3v) is 4.01. The van der Waals surface area contributed by atoms with E-state index in [9.17, 15) is 14.7 Å². The Morgan fingerprint density at radius 2 is 1.92 bits per heavy atom. The normalized spacial score (nSPS) is 15.7. The highest BCUT2D eigenvalue weighted by Crippen LogP contribution is 2.23. The highest BCUT2D eigenvalue weighted by Gasteiger charge is 2.28. The summed E-state index contributed by atoms with van der Waals surface area (Å²) >= 11 is 3.10. The molecule has 0 atom stereocenters. The molecule has 25 heavy (non-hydrogen) atoms. The Morgan fingerprint density at radius 1 is 1.28 bits per heavy atom. The minimum Gasteiger partial charge on any atom is -0.493 e. The van der Waals surface area contributed by atoms with Gasteiger partial charge in [0, 0.05) is 26.2 Å². The monoisotopic (exact) mass is 414 g/mol. The van der Waals surface area contributed by atoms with E-state index in [4.69, 9.17) is 4.74 Å². The van der Waals surface area contributed by atoms with Crippen molar-refractivity contribution in [1.29, 1.82) is 0 Å². The first-order chi connectivity index (χ1) is 11.7. The zero-order valence-electron chi connectivity index (χ0n) is 14.1. The van der Waals surface area contributed by atoms with Gasteiger partial charge in [-0.05, 0) is 36.7 Å². The number of aromatic nitrogens is 4. The molecule has 2 aromatic heterocycles. The molecule has 0 aliphatic carbocycles. The standard InChI is InChI=1S/C14H19BrN6O4/c1-14(2,3)25-13(24)20-6-4-19(5-7-20)8-9(22)16-12-17-11(15)18-21(12)10(8)23/h22H,4-7H2,1-3H3,(H,16,17,18). The SMILES string of the molecule is CC(C)(C)OC(=O)N1CCN(c2c(O)[nH]c3nc(Br)nn3c2=O)CC1. The molecule has 0 unspecified atom stereocenters. The van der Waals surface area contributed by atoms with Gasteiger partial charge in [0.1, 0.15) is 5.60 Å². The largest absolute Gasteiger partial charge is 0.493 e. The lowest BCUT2D eigenvalue weighted by atomic mass is 10.2. The number of halogens is 1. The lowest BCUT2D eigenvalue weighted by Gasteiger charge is -2.36. The van der Waals surface area contributed by atoms with E-state index in [0.29, 0.717) is 26.2 Å². The number of ether oxygens (including phenoxy) is 1. The van der Waals surface area contributed by atoms with E-state index in [1.54, 1.807) is 9.80 Å². The number of piperazine rings is 1. The van der Waals surface area contributed by atoms with Crippen LogP contribution >= 0.6 is 15.9 Å². The van der Waals surface area contributed by atoms with Gasteiger partial charge in [0.15, 0.2) is 5.69 Å². The van der Waals surface area contributed by atoms with Crippen LogP contribution < -0.4 is 10.5 Å². The minimum absolute atomic E-state index is 0.105. The van der Waals surface area contributed by atoms with Gasteiger partial charge in [0.25, 0.3) is 0 Å². The highest BCUT2D eigenvalue weighted by atomic mass is 79.9. The second-order valence-electron chi connectivity index (χ2n) is 6.70. The van der Waals surface area contributed by atoms with Crippen LogP contribution in [0.25, 0.3) is 5.78 Å². The van der Waals surface area contributed by atoms with Gasteiger partial charge < -0.3 is 19.6 Å². The second-order valence-corrected chi connectivity index (χ2v) is 7.41. The molecule has 1 saturated heterocycles. The van der Waals surface area contributed by atoms with Crippen molar-refractivity contribution in [2.24, 2.45) is 0 Å². The third kappa shape index (κ3) is 3.55. The number of fused-ring (bicyclic) bond motifs is 1. The summed E-state index contributed by atoms with van der Waals surface area (Å²) in [6.07, 6.45) is -0.388. The van der Waals surface area contributed by atoms with E-state index in [0.717, 1.165) is 4.52 Å². The first kappa shape index (κ1) is 17.5. The van der Waals surface area contributed by atoms with Gasteiger partial charge in [-0.15, -0.1) is 5.10 Å². The van der Waals surface area contributed by atoms with Gasteiger partial charge >= 0.3 is 11.7 Å². The summed E-state index contributed by atoms with van der Waals surface area (Å²) < 4.78 is 6.68. The molecule has 0 saturated carbocycles. The number of carbonyl (C=O) groups is 1. The summed E-state index contributed by atoms with van der Waals surface area (Å²) in [6.45, 7) is 6.97. The summed E-state index contributed by atoms with van der Waals surface area (Å²) in [5, 5.41) is 14.1. The Bertz CT molecular complexity index is 863. The van der Waals surface area contributed by atoms with Crippen molar-refractivity contribution < 1.29 is 14.6 Å². The topological polar surface area (TPSA) is 116 Å². The molecule has 1 amide bonds. The van der Waals surface area contributed by atoms with Crippen LogP contribution in [-0.2, 0) is 4.74 Å². The molecule has 0 bridgehead atoms. The molecule has 11 heteroatoms. The fourth-order valence-electron chi connectivity index (χ4n) is 2.60. The number of nitrogens with one attached hydrogen (secondary N) is 1. The molecule has 136 valence electrons. The maximum Gasteiger partial charge on any atom is 0.410 e. The van der Waals surface area contributed by atoms with Crippen LogP contribution in [0.3, 0.4) is 0 Å². The molecule has 2 aromatic rings. The zero-order chi connectivity index (χ0) is 18.4. The van der Waals surface area contributed by atoms with E-state index in [1.165, 1.54) is 0 Å². The Morgan fingerprint density at radius 3 is 2.52 bits per heavy atom. The summed E-state index contributed by atoms with van der Waals surface area (Å²) in [5.74, 6) is -0.131. The summed E-state index contributed by atoms with van der Waals surface area (Å²) in [5.41, 5.74) is -0.932. The Kier molecular flexibility index (Phi) is 4.35. The Labute approximate surface area is 151 Å². The number of hydrogen-bond acceptors (Lipinski definition) is 7. The molecule has 2 N–H and O–H groups in total. The number of anilines is 1. The number of rotatable bonds is 1. The van der Waals surface area contributed by atoms with Crippen LogP contribution in [0, 0.1) is 0 Å². The molecule has 10 nitrogen and oxygen atoms in total. The first-order valence-corrected chi connectivity index (χ1v) is 8.55. The van der Waals surface area contributed by atoms with Gasteiger partial charge in [-0.1, -0.05) is 0 Å². The predicted molar refractivity (Wildman–Crippen MR) is 93.0 cm³/mol. The highest BCUT2D eigenvalue weighted by molar-refractivity contribution is 9.10. The van der Waals surface area contributed by atoms with Gasteiger partial charge in [0.05, 0.1) is 0 Å². The fourth-order valence-corrected chi connectivity index (χ4v) is 2.93.